The number of fused-ring (bicyclic) bond motifs is 1. The van der Waals surface area contributed by atoms with Gasteiger partial charge in [-0.3, -0.25) is 0 Å². The van der Waals surface area contributed by atoms with Gasteiger partial charge in [0.05, 0.1) is 17.7 Å². The fraction of sp³-hybridized carbons (Fsp3) is 0.412. The first-order valence-electron chi connectivity index (χ1n) is 7.43. The average molecular weight is 322 g/mol. The summed E-state index contributed by atoms with van der Waals surface area (Å²) >= 11 is 8.23. The topological polar surface area (TPSA) is 21.3 Å². The van der Waals surface area contributed by atoms with Gasteiger partial charge in [-0.05, 0) is 48.0 Å². The van der Waals surface area contributed by atoms with E-state index in [4.69, 9.17) is 16.3 Å². The number of nitrogens with one attached hydrogen (secondary N) is 1. The number of ether oxygens (including phenoxy) is 1. The zero-order valence-corrected chi connectivity index (χ0v) is 14.0. The molecule has 1 aliphatic heterocycles. The normalized spacial score (nSPS) is 14.8. The van der Waals surface area contributed by atoms with E-state index in [9.17, 15) is 0 Å². The van der Waals surface area contributed by atoms with E-state index in [0.717, 1.165) is 42.3 Å². The van der Waals surface area contributed by atoms with E-state index >= 15 is 0 Å². The van der Waals surface area contributed by atoms with Crippen molar-refractivity contribution in [1.82, 2.24) is 5.32 Å². The second kappa shape index (κ2) is 6.39. The van der Waals surface area contributed by atoms with Crippen LogP contribution in [0.3, 0.4) is 0 Å². The number of rotatable bonds is 5. The van der Waals surface area contributed by atoms with E-state index in [1.54, 1.807) is 11.3 Å². The number of benzene rings is 1. The maximum atomic E-state index is 6.50. The maximum absolute atomic E-state index is 6.50. The number of hydrogen-bond donors (Lipinski definition) is 1. The molecule has 1 aromatic heterocycles. The summed E-state index contributed by atoms with van der Waals surface area (Å²) in [6.45, 7) is 6.02. The molecule has 0 saturated carbocycles. The molecule has 2 nitrogen and oxygen atoms in total. The molecular weight excluding hydrogens is 302 g/mol. The smallest absolute Gasteiger partial charge is 0.122 e. The molecule has 0 aliphatic carbocycles. The third-order valence-electron chi connectivity index (χ3n) is 3.83. The summed E-state index contributed by atoms with van der Waals surface area (Å²) in [6, 6.07) is 6.68. The van der Waals surface area contributed by atoms with Gasteiger partial charge in [0.25, 0.3) is 0 Å². The molecule has 112 valence electrons. The number of aryl methyl sites for hydroxylation is 1. The Morgan fingerprint density at radius 3 is 3.00 bits per heavy atom. The van der Waals surface area contributed by atoms with Crippen LogP contribution in [0, 0.1) is 6.92 Å². The van der Waals surface area contributed by atoms with Gasteiger partial charge in [-0.1, -0.05) is 30.7 Å². The van der Waals surface area contributed by atoms with Gasteiger partial charge < -0.3 is 10.1 Å². The molecule has 21 heavy (non-hydrogen) atoms. The molecule has 0 spiro atoms. The monoisotopic (exact) mass is 321 g/mol. The first kappa shape index (κ1) is 14.9. The predicted octanol–water partition coefficient (Wildman–Crippen LogP) is 4.73. The van der Waals surface area contributed by atoms with Crippen molar-refractivity contribution < 1.29 is 4.74 Å². The highest BCUT2D eigenvalue weighted by atomic mass is 35.5. The van der Waals surface area contributed by atoms with Crippen LogP contribution >= 0.6 is 22.9 Å². The summed E-state index contributed by atoms with van der Waals surface area (Å²) in [5.41, 5.74) is 3.74. The van der Waals surface area contributed by atoms with E-state index < -0.39 is 0 Å². The second-order valence-corrected chi connectivity index (χ2v) is 6.74. The molecule has 4 heteroatoms. The van der Waals surface area contributed by atoms with Gasteiger partial charge in [-0.15, -0.1) is 11.3 Å². The molecule has 0 radical (unpaired) electrons. The zero-order chi connectivity index (χ0) is 14.8. The van der Waals surface area contributed by atoms with Crippen LogP contribution in [0.15, 0.2) is 23.6 Å². The minimum absolute atomic E-state index is 0.169. The second-order valence-electron chi connectivity index (χ2n) is 5.45. The van der Waals surface area contributed by atoms with Gasteiger partial charge in [0, 0.05) is 11.3 Å². The molecule has 0 fully saturated rings. The largest absolute Gasteiger partial charge is 0.493 e. The van der Waals surface area contributed by atoms with Crippen LogP contribution in [0.4, 0.5) is 0 Å². The van der Waals surface area contributed by atoms with Crippen molar-refractivity contribution in [2.24, 2.45) is 0 Å². The van der Waals surface area contributed by atoms with Crippen molar-refractivity contribution in [3.05, 3.63) is 50.2 Å². The van der Waals surface area contributed by atoms with Crippen LogP contribution in [0.25, 0.3) is 0 Å². The van der Waals surface area contributed by atoms with Crippen molar-refractivity contribution in [3.63, 3.8) is 0 Å². The van der Waals surface area contributed by atoms with E-state index in [1.165, 1.54) is 16.0 Å². The van der Waals surface area contributed by atoms with Crippen LogP contribution in [0.2, 0.25) is 5.02 Å². The van der Waals surface area contributed by atoms with Gasteiger partial charge in [0.15, 0.2) is 0 Å². The Morgan fingerprint density at radius 1 is 1.43 bits per heavy atom. The zero-order valence-electron chi connectivity index (χ0n) is 12.4. The standard InChI is InChI=1S/C17H20ClNOS/c1-3-7-19-16(17-15(18)11(2)10-21-17)13-4-5-14-12(9-13)6-8-20-14/h4-5,9-10,16,19H,3,6-8H2,1-2H3. The van der Waals surface area contributed by atoms with E-state index in [1.807, 2.05) is 0 Å². The van der Waals surface area contributed by atoms with Crippen LogP contribution < -0.4 is 10.1 Å². The van der Waals surface area contributed by atoms with Crippen LogP contribution in [-0.2, 0) is 6.42 Å². The van der Waals surface area contributed by atoms with E-state index in [-0.39, 0.29) is 6.04 Å². The number of halogens is 1. The average Bonchev–Trinajstić information content (AvgIpc) is 3.08. The van der Waals surface area contributed by atoms with Crippen molar-refractivity contribution in [2.45, 2.75) is 32.7 Å². The van der Waals surface area contributed by atoms with Gasteiger partial charge >= 0.3 is 0 Å². The molecule has 1 unspecified atom stereocenters. The first-order valence-corrected chi connectivity index (χ1v) is 8.69. The fourth-order valence-corrected chi connectivity index (χ4v) is 4.08. The highest BCUT2D eigenvalue weighted by Crippen LogP contribution is 2.37. The summed E-state index contributed by atoms with van der Waals surface area (Å²) in [7, 11) is 0. The molecular formula is C17H20ClNOS. The summed E-state index contributed by atoms with van der Waals surface area (Å²) in [5, 5.41) is 6.66. The molecule has 3 rings (SSSR count). The van der Waals surface area contributed by atoms with Crippen molar-refractivity contribution >= 4 is 22.9 Å². The van der Waals surface area contributed by atoms with Crippen LogP contribution in [-0.4, -0.2) is 13.2 Å². The quantitative estimate of drug-likeness (QED) is 0.859. The molecule has 1 atom stereocenters. The molecule has 2 aromatic rings. The van der Waals surface area contributed by atoms with Crippen molar-refractivity contribution in [3.8, 4) is 5.75 Å². The molecule has 1 aromatic carbocycles. The van der Waals surface area contributed by atoms with Gasteiger partial charge in [-0.2, -0.15) is 0 Å². The summed E-state index contributed by atoms with van der Waals surface area (Å²) in [5.74, 6) is 1.03. The SMILES string of the molecule is CCCNC(c1ccc2c(c1)CCO2)c1scc(C)c1Cl. The third-order valence-corrected chi connectivity index (χ3v) is 5.61. The Hall–Kier alpha value is -1.03. The molecule has 1 aliphatic rings. The van der Waals surface area contributed by atoms with Gasteiger partial charge in [0.2, 0.25) is 0 Å². The van der Waals surface area contributed by atoms with Gasteiger partial charge in [-0.25, -0.2) is 0 Å². The van der Waals surface area contributed by atoms with Crippen LogP contribution in [0.5, 0.6) is 5.75 Å². The highest BCUT2D eigenvalue weighted by Gasteiger charge is 2.21. The number of hydrogen-bond acceptors (Lipinski definition) is 3. The van der Waals surface area contributed by atoms with E-state index in [0.29, 0.717) is 0 Å². The highest BCUT2D eigenvalue weighted by molar-refractivity contribution is 7.10. The van der Waals surface area contributed by atoms with Gasteiger partial charge in [0.1, 0.15) is 5.75 Å². The lowest BCUT2D eigenvalue weighted by molar-refractivity contribution is 0.357. The lowest BCUT2D eigenvalue weighted by atomic mass is 10.0. The molecule has 0 saturated heterocycles. The molecule has 2 heterocycles. The molecule has 0 bridgehead atoms. The summed E-state index contributed by atoms with van der Waals surface area (Å²) < 4.78 is 5.60. The third kappa shape index (κ3) is 2.96. The molecule has 1 N–H and O–H groups in total. The lowest BCUT2D eigenvalue weighted by Crippen LogP contribution is -2.22. The Labute approximate surface area is 135 Å². The van der Waals surface area contributed by atoms with E-state index in [2.05, 4.69) is 42.7 Å². The fourth-order valence-electron chi connectivity index (χ4n) is 2.68. The molecule has 0 amide bonds. The maximum Gasteiger partial charge on any atom is 0.122 e. The Morgan fingerprint density at radius 2 is 2.29 bits per heavy atom. The predicted molar refractivity (Wildman–Crippen MR) is 89.8 cm³/mol. The first-order chi connectivity index (χ1) is 10.2. The Kier molecular flexibility index (Phi) is 4.53. The minimum atomic E-state index is 0.169. The summed E-state index contributed by atoms with van der Waals surface area (Å²) in [4.78, 5) is 1.21. The Bertz CT molecular complexity index is 638. The minimum Gasteiger partial charge on any atom is -0.493 e. The lowest BCUT2D eigenvalue weighted by Gasteiger charge is -2.19. The van der Waals surface area contributed by atoms with Crippen molar-refractivity contribution in [2.75, 3.05) is 13.2 Å². The Balaban J connectivity index is 1.97. The summed E-state index contributed by atoms with van der Waals surface area (Å²) in [6.07, 6.45) is 2.10. The number of thiophene rings is 1. The van der Waals surface area contributed by atoms with Crippen molar-refractivity contribution in [1.29, 1.82) is 0 Å². The van der Waals surface area contributed by atoms with Crippen LogP contribution in [0.1, 0.15) is 41.0 Å².